The quantitative estimate of drug-likeness (QED) is 0.939. The maximum Gasteiger partial charge on any atom is 0.254 e. The molecule has 2 heterocycles. The number of likely N-dealkylation sites (tertiary alicyclic amines) is 1. The van der Waals surface area contributed by atoms with Crippen molar-refractivity contribution >= 4 is 5.91 Å². The lowest BCUT2D eigenvalue weighted by molar-refractivity contribution is 0.0605. The first-order valence-corrected chi connectivity index (χ1v) is 8.61. The van der Waals surface area contributed by atoms with E-state index >= 15 is 0 Å². The summed E-state index contributed by atoms with van der Waals surface area (Å²) in [6.07, 6.45) is 5.04. The van der Waals surface area contributed by atoms with Crippen LogP contribution in [0.1, 0.15) is 52.5 Å². The summed E-state index contributed by atoms with van der Waals surface area (Å²) >= 11 is 0. The van der Waals surface area contributed by atoms with Gasteiger partial charge in [0.15, 0.2) is 0 Å². The SMILES string of the molecule is Cc1cn[nH]c1[C@H]1CCCCN1C(=O)c1ccc(CN(C)C)cc1. The number of nitrogens with zero attached hydrogens (tertiary/aromatic N) is 3. The number of hydrogen-bond acceptors (Lipinski definition) is 3. The molecule has 1 aromatic heterocycles. The van der Waals surface area contributed by atoms with E-state index in [-0.39, 0.29) is 11.9 Å². The topological polar surface area (TPSA) is 52.2 Å². The second-order valence-corrected chi connectivity index (χ2v) is 6.91. The molecule has 1 fully saturated rings. The molecule has 1 aromatic carbocycles. The van der Waals surface area contributed by atoms with Crippen LogP contribution < -0.4 is 0 Å². The Kier molecular flexibility index (Phi) is 5.00. The van der Waals surface area contributed by atoms with Crippen LogP contribution in [0, 0.1) is 6.92 Å². The van der Waals surface area contributed by atoms with Gasteiger partial charge in [-0.15, -0.1) is 0 Å². The maximum absolute atomic E-state index is 13.0. The van der Waals surface area contributed by atoms with Crippen molar-refractivity contribution < 1.29 is 4.79 Å². The number of nitrogens with one attached hydrogen (secondary N) is 1. The monoisotopic (exact) mass is 326 g/mol. The van der Waals surface area contributed by atoms with Crippen LogP contribution in [0.5, 0.6) is 0 Å². The second kappa shape index (κ2) is 7.18. The molecule has 0 unspecified atom stereocenters. The lowest BCUT2D eigenvalue weighted by Gasteiger charge is -2.35. The number of carbonyl (C=O) groups is 1. The molecule has 3 rings (SSSR count). The minimum Gasteiger partial charge on any atom is -0.330 e. The van der Waals surface area contributed by atoms with Crippen molar-refractivity contribution in [3.63, 3.8) is 0 Å². The fraction of sp³-hybridized carbons (Fsp3) is 0.474. The molecule has 1 saturated heterocycles. The minimum atomic E-state index is 0.107. The van der Waals surface area contributed by atoms with E-state index in [1.807, 2.05) is 56.4 Å². The van der Waals surface area contributed by atoms with Crippen LogP contribution in [0.4, 0.5) is 0 Å². The highest BCUT2D eigenvalue weighted by atomic mass is 16.2. The lowest BCUT2D eigenvalue weighted by atomic mass is 9.96. The van der Waals surface area contributed by atoms with E-state index in [1.165, 1.54) is 5.56 Å². The molecule has 0 spiro atoms. The van der Waals surface area contributed by atoms with Crippen LogP contribution in [0.25, 0.3) is 0 Å². The third kappa shape index (κ3) is 3.51. The van der Waals surface area contributed by atoms with Crippen molar-refractivity contribution in [2.45, 2.75) is 38.8 Å². The molecule has 0 radical (unpaired) electrons. The van der Waals surface area contributed by atoms with E-state index in [9.17, 15) is 4.79 Å². The Bertz CT molecular complexity index is 690. The van der Waals surface area contributed by atoms with Crippen molar-refractivity contribution in [2.24, 2.45) is 0 Å². The normalized spacial score (nSPS) is 18.2. The van der Waals surface area contributed by atoms with Gasteiger partial charge in [-0.2, -0.15) is 5.10 Å². The summed E-state index contributed by atoms with van der Waals surface area (Å²) in [4.78, 5) is 17.2. The van der Waals surface area contributed by atoms with Gasteiger partial charge >= 0.3 is 0 Å². The summed E-state index contributed by atoms with van der Waals surface area (Å²) in [5.74, 6) is 0.116. The molecule has 128 valence electrons. The number of carbonyl (C=O) groups excluding carboxylic acids is 1. The summed E-state index contributed by atoms with van der Waals surface area (Å²) in [7, 11) is 4.09. The largest absolute Gasteiger partial charge is 0.330 e. The van der Waals surface area contributed by atoms with E-state index in [0.717, 1.165) is 49.2 Å². The minimum absolute atomic E-state index is 0.107. The summed E-state index contributed by atoms with van der Waals surface area (Å²) < 4.78 is 0. The van der Waals surface area contributed by atoms with Gasteiger partial charge in [0.05, 0.1) is 17.9 Å². The number of aryl methyl sites for hydroxylation is 1. The smallest absolute Gasteiger partial charge is 0.254 e. The van der Waals surface area contributed by atoms with Crippen LogP contribution in [0.15, 0.2) is 30.5 Å². The van der Waals surface area contributed by atoms with Gasteiger partial charge in [-0.1, -0.05) is 12.1 Å². The molecule has 1 amide bonds. The predicted octanol–water partition coefficient (Wildman–Crippen LogP) is 3.15. The van der Waals surface area contributed by atoms with Crippen LogP contribution in [-0.4, -0.2) is 46.5 Å². The first-order chi connectivity index (χ1) is 11.6. The Labute approximate surface area is 143 Å². The average molecular weight is 326 g/mol. The van der Waals surface area contributed by atoms with E-state index in [2.05, 4.69) is 15.1 Å². The van der Waals surface area contributed by atoms with Crippen molar-refractivity contribution in [2.75, 3.05) is 20.6 Å². The number of H-pyrrole nitrogens is 1. The molecular formula is C19H26N4O. The Morgan fingerprint density at radius 3 is 2.67 bits per heavy atom. The van der Waals surface area contributed by atoms with Gasteiger partial charge in [0.25, 0.3) is 5.91 Å². The molecule has 0 aliphatic carbocycles. The summed E-state index contributed by atoms with van der Waals surface area (Å²) in [6, 6.07) is 8.11. The zero-order chi connectivity index (χ0) is 17.1. The fourth-order valence-corrected chi connectivity index (χ4v) is 3.45. The maximum atomic E-state index is 13.0. The average Bonchev–Trinajstić information content (AvgIpc) is 3.00. The van der Waals surface area contributed by atoms with Crippen LogP contribution in [-0.2, 0) is 6.54 Å². The molecule has 24 heavy (non-hydrogen) atoms. The van der Waals surface area contributed by atoms with Crippen molar-refractivity contribution in [1.82, 2.24) is 20.0 Å². The van der Waals surface area contributed by atoms with Crippen molar-refractivity contribution in [1.29, 1.82) is 0 Å². The molecular weight excluding hydrogens is 300 g/mol. The summed E-state index contributed by atoms with van der Waals surface area (Å²) in [5, 5.41) is 7.23. The van der Waals surface area contributed by atoms with Gasteiger partial charge in [-0.3, -0.25) is 9.89 Å². The molecule has 0 bridgehead atoms. The third-order valence-corrected chi connectivity index (χ3v) is 4.66. The van der Waals surface area contributed by atoms with Crippen molar-refractivity contribution in [3.05, 3.63) is 52.8 Å². The number of amides is 1. The molecule has 5 heteroatoms. The number of benzene rings is 1. The summed E-state index contributed by atoms with van der Waals surface area (Å²) in [5.41, 5.74) is 4.19. The molecule has 1 aliphatic rings. The highest BCUT2D eigenvalue weighted by Crippen LogP contribution is 2.32. The van der Waals surface area contributed by atoms with Gasteiger partial charge in [0, 0.05) is 18.7 Å². The fourth-order valence-electron chi connectivity index (χ4n) is 3.45. The van der Waals surface area contributed by atoms with Crippen LogP contribution in [0.2, 0.25) is 0 Å². The number of piperidine rings is 1. The van der Waals surface area contributed by atoms with Gasteiger partial charge in [0.1, 0.15) is 0 Å². The second-order valence-electron chi connectivity index (χ2n) is 6.91. The first-order valence-electron chi connectivity index (χ1n) is 8.61. The highest BCUT2D eigenvalue weighted by molar-refractivity contribution is 5.94. The summed E-state index contributed by atoms with van der Waals surface area (Å²) in [6.45, 7) is 3.74. The van der Waals surface area contributed by atoms with Crippen LogP contribution in [0.3, 0.4) is 0 Å². The zero-order valence-electron chi connectivity index (χ0n) is 14.7. The van der Waals surface area contributed by atoms with Crippen LogP contribution >= 0.6 is 0 Å². The molecule has 2 aromatic rings. The molecule has 5 nitrogen and oxygen atoms in total. The number of aromatic amines is 1. The molecule has 1 atom stereocenters. The Balaban J connectivity index is 1.80. The molecule has 1 N–H and O–H groups in total. The number of hydrogen-bond donors (Lipinski definition) is 1. The van der Waals surface area contributed by atoms with Gasteiger partial charge < -0.3 is 9.80 Å². The standard InChI is InChI=1S/C19H26N4O/c1-14-12-20-21-18(14)17-6-4-5-11-23(17)19(24)16-9-7-15(8-10-16)13-22(2)3/h7-10,12,17H,4-6,11,13H2,1-3H3,(H,20,21)/t17-/m1/s1. The zero-order valence-corrected chi connectivity index (χ0v) is 14.7. The number of rotatable bonds is 4. The van der Waals surface area contributed by atoms with Gasteiger partial charge in [-0.25, -0.2) is 0 Å². The van der Waals surface area contributed by atoms with E-state index in [4.69, 9.17) is 0 Å². The predicted molar refractivity (Wildman–Crippen MR) is 94.8 cm³/mol. The van der Waals surface area contributed by atoms with Crippen molar-refractivity contribution in [3.8, 4) is 0 Å². The van der Waals surface area contributed by atoms with Gasteiger partial charge in [-0.05, 0) is 63.5 Å². The van der Waals surface area contributed by atoms with E-state index < -0.39 is 0 Å². The third-order valence-electron chi connectivity index (χ3n) is 4.66. The van der Waals surface area contributed by atoms with E-state index in [1.54, 1.807) is 0 Å². The van der Waals surface area contributed by atoms with E-state index in [0.29, 0.717) is 0 Å². The Hall–Kier alpha value is -2.14. The van der Waals surface area contributed by atoms with Gasteiger partial charge in [0.2, 0.25) is 0 Å². The molecule has 1 aliphatic heterocycles. The number of aromatic nitrogens is 2. The molecule has 0 saturated carbocycles. The highest BCUT2D eigenvalue weighted by Gasteiger charge is 2.30. The first kappa shape index (κ1) is 16.7. The Morgan fingerprint density at radius 1 is 1.29 bits per heavy atom. The Morgan fingerprint density at radius 2 is 2.04 bits per heavy atom. The lowest BCUT2D eigenvalue weighted by Crippen LogP contribution is -2.39.